The first-order valence-electron chi connectivity index (χ1n) is 7.82. The summed E-state index contributed by atoms with van der Waals surface area (Å²) in [6.45, 7) is 5.11. The molecule has 8 nitrogen and oxygen atoms in total. The fraction of sp³-hybridized carbons (Fsp3) is 0.222. The summed E-state index contributed by atoms with van der Waals surface area (Å²) >= 11 is 0. The molecular formula is C18H19N3O5. The largest absolute Gasteiger partial charge is 0.449 e. The van der Waals surface area contributed by atoms with Gasteiger partial charge in [0.2, 0.25) is 0 Å². The van der Waals surface area contributed by atoms with Crippen LogP contribution in [-0.2, 0) is 9.53 Å². The van der Waals surface area contributed by atoms with Crippen molar-refractivity contribution in [2.45, 2.75) is 26.9 Å². The second-order valence-corrected chi connectivity index (χ2v) is 5.83. The van der Waals surface area contributed by atoms with Gasteiger partial charge in [0.25, 0.3) is 11.6 Å². The number of amides is 1. The van der Waals surface area contributed by atoms with Gasteiger partial charge in [-0.05, 0) is 38.0 Å². The lowest BCUT2D eigenvalue weighted by atomic mass is 10.1. The number of para-hydroxylation sites is 1. The van der Waals surface area contributed by atoms with Crippen LogP contribution in [0.1, 0.15) is 28.4 Å². The summed E-state index contributed by atoms with van der Waals surface area (Å²) in [5.41, 5.74) is 7.66. The van der Waals surface area contributed by atoms with E-state index in [2.05, 4.69) is 5.32 Å². The molecule has 0 unspecified atom stereocenters. The number of nitro groups is 1. The van der Waals surface area contributed by atoms with E-state index < -0.39 is 22.9 Å². The molecule has 0 radical (unpaired) electrons. The number of hydrogen-bond donors (Lipinski definition) is 2. The Bertz CT molecular complexity index is 859. The number of non-ortho nitro benzene ring substituents is 1. The zero-order chi connectivity index (χ0) is 19.4. The third kappa shape index (κ3) is 4.15. The number of carbonyl (C=O) groups is 2. The van der Waals surface area contributed by atoms with E-state index in [1.54, 1.807) is 0 Å². The van der Waals surface area contributed by atoms with Gasteiger partial charge in [-0.25, -0.2) is 4.79 Å². The van der Waals surface area contributed by atoms with Crippen molar-refractivity contribution in [1.29, 1.82) is 0 Å². The number of carbonyl (C=O) groups excluding carboxylic acids is 2. The number of esters is 1. The molecule has 0 bridgehead atoms. The predicted octanol–water partition coefficient (Wildman–Crippen LogP) is 2.98. The van der Waals surface area contributed by atoms with Crippen LogP contribution in [0.2, 0.25) is 0 Å². The van der Waals surface area contributed by atoms with Crippen LogP contribution in [0.15, 0.2) is 36.4 Å². The first-order chi connectivity index (χ1) is 12.2. The van der Waals surface area contributed by atoms with Gasteiger partial charge in [0.15, 0.2) is 6.10 Å². The van der Waals surface area contributed by atoms with E-state index in [-0.39, 0.29) is 16.9 Å². The minimum absolute atomic E-state index is 0.0305. The molecular weight excluding hydrogens is 338 g/mol. The van der Waals surface area contributed by atoms with Crippen molar-refractivity contribution in [2.24, 2.45) is 0 Å². The third-order valence-electron chi connectivity index (χ3n) is 3.85. The Morgan fingerprint density at radius 2 is 1.81 bits per heavy atom. The Kier molecular flexibility index (Phi) is 5.56. The highest BCUT2D eigenvalue weighted by molar-refractivity contribution is 6.00. The SMILES string of the molecule is Cc1cccc(C)c1NC(=O)[C@@H](C)OC(=O)c1cc([N+](=O)[O-])ccc1N. The molecule has 1 amide bonds. The Morgan fingerprint density at radius 1 is 1.19 bits per heavy atom. The van der Waals surface area contributed by atoms with Crippen LogP contribution < -0.4 is 11.1 Å². The van der Waals surface area contributed by atoms with E-state index in [0.717, 1.165) is 17.2 Å². The number of hydrogen-bond acceptors (Lipinski definition) is 6. The molecule has 0 spiro atoms. The van der Waals surface area contributed by atoms with E-state index in [1.165, 1.54) is 19.1 Å². The van der Waals surface area contributed by atoms with E-state index in [1.807, 2.05) is 32.0 Å². The van der Waals surface area contributed by atoms with Crippen LogP contribution in [0.25, 0.3) is 0 Å². The van der Waals surface area contributed by atoms with Crippen molar-refractivity contribution in [2.75, 3.05) is 11.1 Å². The molecule has 0 aliphatic heterocycles. The van der Waals surface area contributed by atoms with Crippen LogP contribution in [0, 0.1) is 24.0 Å². The molecule has 26 heavy (non-hydrogen) atoms. The molecule has 2 aromatic carbocycles. The molecule has 3 N–H and O–H groups in total. The number of anilines is 2. The van der Waals surface area contributed by atoms with Crippen LogP contribution in [0.3, 0.4) is 0 Å². The standard InChI is InChI=1S/C18H19N3O5/c1-10-5-4-6-11(2)16(10)20-17(22)12(3)26-18(23)14-9-13(21(24)25)7-8-15(14)19/h4-9,12H,19H2,1-3H3,(H,20,22)/t12-/m1/s1. The lowest BCUT2D eigenvalue weighted by Crippen LogP contribution is -2.30. The second kappa shape index (κ2) is 7.64. The number of aryl methyl sites for hydroxylation is 2. The number of benzene rings is 2. The summed E-state index contributed by atoms with van der Waals surface area (Å²) in [5.74, 6) is -1.42. The maximum Gasteiger partial charge on any atom is 0.341 e. The first kappa shape index (κ1) is 18.9. The zero-order valence-electron chi connectivity index (χ0n) is 14.6. The van der Waals surface area contributed by atoms with Crippen molar-refractivity contribution in [3.63, 3.8) is 0 Å². The number of nitro benzene ring substituents is 1. The molecule has 136 valence electrons. The molecule has 0 saturated carbocycles. The maximum atomic E-state index is 12.3. The van der Waals surface area contributed by atoms with Crippen LogP contribution in [0.4, 0.5) is 17.1 Å². The quantitative estimate of drug-likeness (QED) is 0.367. The molecule has 0 aromatic heterocycles. The fourth-order valence-electron chi connectivity index (χ4n) is 2.35. The van der Waals surface area contributed by atoms with Crippen LogP contribution in [0.5, 0.6) is 0 Å². The topological polar surface area (TPSA) is 125 Å². The summed E-state index contributed by atoms with van der Waals surface area (Å²) in [7, 11) is 0. The van der Waals surface area contributed by atoms with Gasteiger partial charge in [0.1, 0.15) is 0 Å². The van der Waals surface area contributed by atoms with Gasteiger partial charge < -0.3 is 15.8 Å². The van der Waals surface area contributed by atoms with Crippen molar-refractivity contribution in [3.8, 4) is 0 Å². The molecule has 0 heterocycles. The normalized spacial score (nSPS) is 11.5. The molecule has 8 heteroatoms. The van der Waals surface area contributed by atoms with E-state index >= 15 is 0 Å². The summed E-state index contributed by atoms with van der Waals surface area (Å²) in [6, 6.07) is 9.02. The second-order valence-electron chi connectivity index (χ2n) is 5.83. The number of nitrogens with one attached hydrogen (secondary N) is 1. The molecule has 0 saturated heterocycles. The van der Waals surface area contributed by atoms with Crippen molar-refractivity contribution < 1.29 is 19.2 Å². The van der Waals surface area contributed by atoms with Crippen molar-refractivity contribution in [3.05, 3.63) is 63.2 Å². The molecule has 0 aliphatic carbocycles. The van der Waals surface area contributed by atoms with Gasteiger partial charge in [0, 0.05) is 23.5 Å². The first-order valence-corrected chi connectivity index (χ1v) is 7.82. The van der Waals surface area contributed by atoms with E-state index in [9.17, 15) is 19.7 Å². The number of nitrogen functional groups attached to an aromatic ring is 1. The highest BCUT2D eigenvalue weighted by Gasteiger charge is 2.23. The molecule has 2 rings (SSSR count). The van der Waals surface area contributed by atoms with Gasteiger partial charge in [0.05, 0.1) is 10.5 Å². The van der Waals surface area contributed by atoms with Gasteiger partial charge in [-0.1, -0.05) is 18.2 Å². The fourth-order valence-corrected chi connectivity index (χ4v) is 2.35. The minimum Gasteiger partial charge on any atom is -0.449 e. The summed E-state index contributed by atoms with van der Waals surface area (Å²) in [6.07, 6.45) is -1.11. The summed E-state index contributed by atoms with van der Waals surface area (Å²) in [4.78, 5) is 34.7. The maximum absolute atomic E-state index is 12.3. The molecule has 0 aliphatic rings. The number of rotatable bonds is 5. The minimum atomic E-state index is -1.11. The van der Waals surface area contributed by atoms with Crippen LogP contribution >= 0.6 is 0 Å². The Labute approximate surface area is 150 Å². The lowest BCUT2D eigenvalue weighted by Gasteiger charge is -2.16. The van der Waals surface area contributed by atoms with E-state index in [4.69, 9.17) is 10.5 Å². The van der Waals surface area contributed by atoms with Crippen molar-refractivity contribution in [1.82, 2.24) is 0 Å². The van der Waals surface area contributed by atoms with Gasteiger partial charge in [-0.2, -0.15) is 0 Å². The summed E-state index contributed by atoms with van der Waals surface area (Å²) in [5, 5.41) is 13.6. The predicted molar refractivity (Wildman–Crippen MR) is 96.9 cm³/mol. The third-order valence-corrected chi connectivity index (χ3v) is 3.85. The molecule has 1 atom stereocenters. The molecule has 0 fully saturated rings. The Balaban J connectivity index is 2.13. The lowest BCUT2D eigenvalue weighted by molar-refractivity contribution is -0.384. The van der Waals surface area contributed by atoms with Crippen LogP contribution in [-0.4, -0.2) is 22.9 Å². The summed E-state index contributed by atoms with van der Waals surface area (Å²) < 4.78 is 5.11. The van der Waals surface area contributed by atoms with Gasteiger partial charge >= 0.3 is 5.97 Å². The average molecular weight is 357 g/mol. The smallest absolute Gasteiger partial charge is 0.341 e. The average Bonchev–Trinajstić information content (AvgIpc) is 2.58. The number of nitrogens with zero attached hydrogens (tertiary/aromatic N) is 1. The highest BCUT2D eigenvalue weighted by Crippen LogP contribution is 2.22. The van der Waals surface area contributed by atoms with Gasteiger partial charge in [-0.15, -0.1) is 0 Å². The molecule has 2 aromatic rings. The Morgan fingerprint density at radius 3 is 2.38 bits per heavy atom. The van der Waals surface area contributed by atoms with Gasteiger partial charge in [-0.3, -0.25) is 14.9 Å². The number of ether oxygens (including phenoxy) is 1. The Hall–Kier alpha value is -3.42. The van der Waals surface area contributed by atoms with E-state index in [0.29, 0.717) is 5.69 Å². The monoisotopic (exact) mass is 357 g/mol. The highest BCUT2D eigenvalue weighted by atomic mass is 16.6. The number of nitrogens with two attached hydrogens (primary N) is 1. The zero-order valence-corrected chi connectivity index (χ0v) is 14.6. The van der Waals surface area contributed by atoms with Crippen molar-refractivity contribution >= 4 is 28.9 Å².